The molecule has 96 valence electrons. The first-order valence-electron chi connectivity index (χ1n) is 7.11. The Morgan fingerprint density at radius 3 is 2.71 bits per heavy atom. The highest BCUT2D eigenvalue weighted by Gasteiger charge is 1.99. The van der Waals surface area contributed by atoms with Gasteiger partial charge in [0.25, 0.3) is 0 Å². The van der Waals surface area contributed by atoms with E-state index in [2.05, 4.69) is 16.1 Å². The molecule has 2 heteroatoms. The molecule has 0 aromatic carbocycles. The maximum atomic E-state index is 4.19. The monoisotopic (exact) mass is 234 g/mol. The van der Waals surface area contributed by atoms with Crippen LogP contribution in [0.3, 0.4) is 0 Å². The van der Waals surface area contributed by atoms with E-state index in [1.165, 1.54) is 51.4 Å². The highest BCUT2D eigenvalue weighted by molar-refractivity contribution is 5.73. The average Bonchev–Trinajstić information content (AvgIpc) is 2.36. The standard InChI is InChI=1S/C15H26N2/c1-2-16-14-17-13-12-15-10-8-6-4-3-5-7-9-11-15/h10,13-14H,2-9,11-12H2,1H3/b15-10+,16-14?,17-13?. The van der Waals surface area contributed by atoms with Gasteiger partial charge < -0.3 is 0 Å². The normalized spacial score (nSPS) is 22.8. The molecule has 0 N–H and O–H groups in total. The Hall–Kier alpha value is -0.920. The second-order valence-corrected chi connectivity index (χ2v) is 4.67. The minimum atomic E-state index is 0.819. The van der Waals surface area contributed by atoms with Crippen LogP contribution in [0.5, 0.6) is 0 Å². The Bertz CT molecular complexity index is 264. The summed E-state index contributed by atoms with van der Waals surface area (Å²) in [6.07, 6.45) is 18.0. The fourth-order valence-electron chi connectivity index (χ4n) is 2.14. The van der Waals surface area contributed by atoms with Crippen LogP contribution in [-0.4, -0.2) is 19.1 Å². The van der Waals surface area contributed by atoms with Gasteiger partial charge in [-0.2, -0.15) is 0 Å². The lowest BCUT2D eigenvalue weighted by Crippen LogP contribution is -1.91. The predicted molar refractivity (Wildman–Crippen MR) is 77.2 cm³/mol. The van der Waals surface area contributed by atoms with E-state index in [4.69, 9.17) is 0 Å². The molecule has 0 radical (unpaired) electrons. The van der Waals surface area contributed by atoms with Crippen LogP contribution in [0, 0.1) is 0 Å². The maximum Gasteiger partial charge on any atom is 0.109 e. The fraction of sp³-hybridized carbons (Fsp3) is 0.733. The molecular weight excluding hydrogens is 208 g/mol. The molecule has 0 unspecified atom stereocenters. The number of rotatable bonds is 4. The van der Waals surface area contributed by atoms with E-state index in [0.29, 0.717) is 0 Å². The van der Waals surface area contributed by atoms with Crippen LogP contribution in [0.4, 0.5) is 0 Å². The van der Waals surface area contributed by atoms with Crippen molar-refractivity contribution < 1.29 is 0 Å². The molecule has 1 rings (SSSR count). The first kappa shape index (κ1) is 14.1. The number of nitrogens with zero attached hydrogens (tertiary/aromatic N) is 2. The first-order chi connectivity index (χ1) is 8.43. The van der Waals surface area contributed by atoms with Crippen LogP contribution in [-0.2, 0) is 0 Å². The van der Waals surface area contributed by atoms with Crippen LogP contribution in [0.25, 0.3) is 0 Å². The lowest BCUT2D eigenvalue weighted by molar-refractivity contribution is 0.584. The molecule has 0 atom stereocenters. The lowest BCUT2D eigenvalue weighted by Gasteiger charge is -2.08. The van der Waals surface area contributed by atoms with Gasteiger partial charge in [0.15, 0.2) is 0 Å². The molecule has 0 spiro atoms. The van der Waals surface area contributed by atoms with Crippen LogP contribution in [0.1, 0.15) is 64.7 Å². The summed E-state index contributed by atoms with van der Waals surface area (Å²) in [6.45, 7) is 2.84. The number of aliphatic imine (C=N–C) groups is 2. The van der Waals surface area contributed by atoms with E-state index in [9.17, 15) is 0 Å². The third kappa shape index (κ3) is 7.89. The molecule has 0 heterocycles. The fourth-order valence-corrected chi connectivity index (χ4v) is 2.14. The van der Waals surface area contributed by atoms with Gasteiger partial charge in [-0.15, -0.1) is 0 Å². The number of allylic oxidation sites excluding steroid dienone is 2. The second-order valence-electron chi connectivity index (χ2n) is 4.67. The zero-order valence-electron chi connectivity index (χ0n) is 11.2. The van der Waals surface area contributed by atoms with Crippen molar-refractivity contribution in [3.05, 3.63) is 11.6 Å². The molecule has 0 bridgehead atoms. The molecule has 0 fully saturated rings. The molecular formula is C15H26N2. The highest BCUT2D eigenvalue weighted by atomic mass is 14.8. The molecule has 0 saturated heterocycles. The SMILES string of the molecule is CCN=CN=CC/C1=C/CCCCCCCC1. The van der Waals surface area contributed by atoms with E-state index >= 15 is 0 Å². The summed E-state index contributed by atoms with van der Waals surface area (Å²) >= 11 is 0. The summed E-state index contributed by atoms with van der Waals surface area (Å²) in [4.78, 5) is 8.27. The zero-order chi connectivity index (χ0) is 12.2. The summed E-state index contributed by atoms with van der Waals surface area (Å²) in [5.41, 5.74) is 1.57. The largest absolute Gasteiger partial charge is 0.274 e. The molecule has 0 amide bonds. The van der Waals surface area contributed by atoms with E-state index in [-0.39, 0.29) is 0 Å². The summed E-state index contributed by atoms with van der Waals surface area (Å²) in [6, 6.07) is 0. The molecule has 1 aliphatic rings. The zero-order valence-corrected chi connectivity index (χ0v) is 11.2. The Labute approximate surface area is 106 Å². The second kappa shape index (κ2) is 10.2. The topological polar surface area (TPSA) is 24.7 Å². The first-order valence-corrected chi connectivity index (χ1v) is 7.11. The molecule has 1 aliphatic carbocycles. The van der Waals surface area contributed by atoms with Crippen molar-refractivity contribution in [3.8, 4) is 0 Å². The molecule has 17 heavy (non-hydrogen) atoms. The third-order valence-electron chi connectivity index (χ3n) is 3.17. The van der Waals surface area contributed by atoms with E-state index in [0.717, 1.165) is 13.0 Å². The van der Waals surface area contributed by atoms with Crippen molar-refractivity contribution in [2.75, 3.05) is 6.54 Å². The van der Waals surface area contributed by atoms with Crippen molar-refractivity contribution in [2.24, 2.45) is 9.98 Å². The number of hydrogen-bond acceptors (Lipinski definition) is 1. The van der Waals surface area contributed by atoms with E-state index < -0.39 is 0 Å². The van der Waals surface area contributed by atoms with Crippen LogP contribution in [0.15, 0.2) is 21.6 Å². The third-order valence-corrected chi connectivity index (χ3v) is 3.17. The smallest absolute Gasteiger partial charge is 0.109 e. The Morgan fingerprint density at radius 1 is 1.12 bits per heavy atom. The summed E-state index contributed by atoms with van der Waals surface area (Å²) < 4.78 is 0. The quantitative estimate of drug-likeness (QED) is 0.387. The van der Waals surface area contributed by atoms with Crippen LogP contribution >= 0.6 is 0 Å². The van der Waals surface area contributed by atoms with Gasteiger partial charge in [0.2, 0.25) is 0 Å². The van der Waals surface area contributed by atoms with Crippen molar-refractivity contribution in [1.29, 1.82) is 0 Å². The van der Waals surface area contributed by atoms with E-state index in [1.54, 1.807) is 11.9 Å². The van der Waals surface area contributed by atoms with Crippen molar-refractivity contribution in [3.63, 3.8) is 0 Å². The molecule has 2 nitrogen and oxygen atoms in total. The Kier molecular flexibility index (Phi) is 8.53. The van der Waals surface area contributed by atoms with E-state index in [1.807, 2.05) is 13.1 Å². The van der Waals surface area contributed by atoms with Crippen molar-refractivity contribution in [2.45, 2.75) is 64.7 Å². The molecule has 0 aromatic heterocycles. The molecule has 0 saturated carbocycles. The number of hydrogen-bond donors (Lipinski definition) is 0. The van der Waals surface area contributed by atoms with Crippen molar-refractivity contribution in [1.82, 2.24) is 0 Å². The average molecular weight is 234 g/mol. The van der Waals surface area contributed by atoms with Crippen molar-refractivity contribution >= 4 is 12.6 Å². The van der Waals surface area contributed by atoms with Crippen LogP contribution < -0.4 is 0 Å². The van der Waals surface area contributed by atoms with Gasteiger partial charge in [-0.25, -0.2) is 4.99 Å². The van der Waals surface area contributed by atoms with Gasteiger partial charge in [0, 0.05) is 19.2 Å². The van der Waals surface area contributed by atoms with Gasteiger partial charge in [-0.05, 0) is 32.6 Å². The minimum absolute atomic E-state index is 0.819. The van der Waals surface area contributed by atoms with Gasteiger partial charge >= 0.3 is 0 Å². The minimum Gasteiger partial charge on any atom is -0.274 e. The Balaban J connectivity index is 2.33. The Morgan fingerprint density at radius 2 is 1.88 bits per heavy atom. The summed E-state index contributed by atoms with van der Waals surface area (Å²) in [5, 5.41) is 0. The van der Waals surface area contributed by atoms with Gasteiger partial charge in [-0.1, -0.05) is 37.3 Å². The maximum absolute atomic E-state index is 4.19. The lowest BCUT2D eigenvalue weighted by atomic mass is 9.99. The van der Waals surface area contributed by atoms with Gasteiger partial charge in [-0.3, -0.25) is 4.99 Å². The molecule has 0 aromatic rings. The molecule has 0 aliphatic heterocycles. The highest BCUT2D eigenvalue weighted by Crippen LogP contribution is 2.18. The van der Waals surface area contributed by atoms with Gasteiger partial charge in [0.05, 0.1) is 0 Å². The van der Waals surface area contributed by atoms with Gasteiger partial charge in [0.1, 0.15) is 6.34 Å². The van der Waals surface area contributed by atoms with Crippen LogP contribution in [0.2, 0.25) is 0 Å². The summed E-state index contributed by atoms with van der Waals surface area (Å²) in [5.74, 6) is 0. The predicted octanol–water partition coefficient (Wildman–Crippen LogP) is 4.56. The summed E-state index contributed by atoms with van der Waals surface area (Å²) in [7, 11) is 0.